The lowest BCUT2D eigenvalue weighted by Crippen LogP contribution is -2.37. The van der Waals surface area contributed by atoms with E-state index in [1.807, 2.05) is 18.2 Å². The Kier molecular flexibility index (Phi) is 5.25. The lowest BCUT2D eigenvalue weighted by atomic mass is 10.1. The number of β-amino-alcohol motifs (C(OH)–C–C–N with tert-alkyl or cyclic N) is 1. The van der Waals surface area contributed by atoms with Gasteiger partial charge >= 0.3 is 0 Å². The summed E-state index contributed by atoms with van der Waals surface area (Å²) in [5.41, 5.74) is 1.14. The van der Waals surface area contributed by atoms with Crippen LogP contribution < -0.4 is 4.74 Å². The highest BCUT2D eigenvalue weighted by atomic mass is 35.5. The molecule has 1 aromatic carbocycles. The number of ether oxygens (including phenoxy) is 1. The molecule has 1 heterocycles. The summed E-state index contributed by atoms with van der Waals surface area (Å²) < 4.78 is 5.44. The minimum absolute atomic E-state index is 0.195. The monoisotopic (exact) mass is 281 g/mol. The summed E-state index contributed by atoms with van der Waals surface area (Å²) in [6, 6.07) is 5.84. The number of likely N-dealkylation sites (tertiary alicyclic amines) is 1. The van der Waals surface area contributed by atoms with Crippen LogP contribution in [0.3, 0.4) is 0 Å². The fourth-order valence-corrected chi connectivity index (χ4v) is 2.60. The van der Waals surface area contributed by atoms with Gasteiger partial charge in [-0.15, -0.1) is 0 Å². The maximum absolute atomic E-state index is 9.66. The Bertz CT molecular complexity index is 436. The Morgan fingerprint density at radius 1 is 1.53 bits per heavy atom. The predicted octanol–water partition coefficient (Wildman–Crippen LogP) is 2.86. The number of nitrogens with zero attached hydrogens (tertiary/aromatic N) is 1. The molecule has 1 atom stereocenters. The zero-order valence-electron chi connectivity index (χ0n) is 11.0. The van der Waals surface area contributed by atoms with Gasteiger partial charge in [-0.3, -0.25) is 4.90 Å². The summed E-state index contributed by atoms with van der Waals surface area (Å²) in [5.74, 6) is 0.684. The quantitative estimate of drug-likeness (QED) is 0.843. The Morgan fingerprint density at radius 3 is 3.05 bits per heavy atom. The first-order valence-corrected chi connectivity index (χ1v) is 6.99. The highest BCUT2D eigenvalue weighted by Gasteiger charge is 2.17. The van der Waals surface area contributed by atoms with Gasteiger partial charge in [-0.05, 0) is 37.1 Å². The van der Waals surface area contributed by atoms with Crippen molar-refractivity contribution in [3.63, 3.8) is 0 Å². The van der Waals surface area contributed by atoms with E-state index < -0.39 is 0 Å². The summed E-state index contributed by atoms with van der Waals surface area (Å²) in [6.07, 6.45) is 3.46. The Hall–Kier alpha value is -1.03. The third-order valence-corrected chi connectivity index (χ3v) is 3.54. The van der Waals surface area contributed by atoms with E-state index in [1.54, 1.807) is 6.08 Å². The van der Waals surface area contributed by atoms with Gasteiger partial charge in [0, 0.05) is 13.1 Å². The topological polar surface area (TPSA) is 32.7 Å². The molecule has 0 bridgehead atoms. The molecule has 1 aromatic rings. The number of rotatable bonds is 5. The van der Waals surface area contributed by atoms with Crippen molar-refractivity contribution in [2.75, 3.05) is 19.7 Å². The molecule has 0 spiro atoms. The molecule has 1 N–H and O–H groups in total. The average Bonchev–Trinajstić information content (AvgIpc) is 2.38. The minimum Gasteiger partial charge on any atom is -0.488 e. The largest absolute Gasteiger partial charge is 0.488 e. The van der Waals surface area contributed by atoms with Crippen molar-refractivity contribution >= 4 is 11.6 Å². The lowest BCUT2D eigenvalue weighted by Gasteiger charge is -2.30. The van der Waals surface area contributed by atoms with Crippen molar-refractivity contribution in [1.29, 1.82) is 0 Å². The molecule has 0 amide bonds. The lowest BCUT2D eigenvalue weighted by molar-refractivity contribution is 0.0668. The molecule has 3 nitrogen and oxygen atoms in total. The predicted molar refractivity (Wildman–Crippen MR) is 77.7 cm³/mol. The standard InChI is InChI=1S/C15H20ClNO2/c1-2-8-19-15-6-5-12(9-14(15)16)10-17-7-3-4-13(18)11-17/h2,5-6,9,13,18H,1,3-4,7-8,10-11H2. The van der Waals surface area contributed by atoms with Gasteiger partial charge in [0.15, 0.2) is 0 Å². The summed E-state index contributed by atoms with van der Waals surface area (Å²) >= 11 is 6.18. The number of hydrogen-bond acceptors (Lipinski definition) is 3. The van der Waals surface area contributed by atoms with Crippen molar-refractivity contribution in [2.24, 2.45) is 0 Å². The maximum atomic E-state index is 9.66. The highest BCUT2D eigenvalue weighted by Crippen LogP contribution is 2.26. The SMILES string of the molecule is C=CCOc1ccc(CN2CCCC(O)C2)cc1Cl. The molecule has 104 valence electrons. The molecule has 2 rings (SSSR count). The van der Waals surface area contributed by atoms with Crippen molar-refractivity contribution in [1.82, 2.24) is 4.90 Å². The molecule has 1 unspecified atom stereocenters. The molecule has 0 aliphatic carbocycles. The van der Waals surface area contributed by atoms with Crippen LogP contribution in [-0.2, 0) is 6.54 Å². The number of halogens is 1. The van der Waals surface area contributed by atoms with E-state index in [9.17, 15) is 5.11 Å². The third kappa shape index (κ3) is 4.23. The zero-order chi connectivity index (χ0) is 13.7. The molecular weight excluding hydrogens is 262 g/mol. The Morgan fingerprint density at radius 2 is 2.37 bits per heavy atom. The van der Waals surface area contributed by atoms with Gasteiger partial charge in [0.05, 0.1) is 11.1 Å². The minimum atomic E-state index is -0.195. The first-order valence-electron chi connectivity index (χ1n) is 6.61. The van der Waals surface area contributed by atoms with Gasteiger partial charge in [-0.25, -0.2) is 0 Å². The van der Waals surface area contributed by atoms with E-state index in [4.69, 9.17) is 16.3 Å². The highest BCUT2D eigenvalue weighted by molar-refractivity contribution is 6.32. The molecule has 1 aliphatic rings. The molecule has 0 aromatic heterocycles. The molecule has 1 saturated heterocycles. The van der Waals surface area contributed by atoms with Crippen LogP contribution in [0.25, 0.3) is 0 Å². The summed E-state index contributed by atoms with van der Waals surface area (Å²) in [4.78, 5) is 2.25. The number of aliphatic hydroxyl groups is 1. The van der Waals surface area contributed by atoms with Crippen LogP contribution in [0.15, 0.2) is 30.9 Å². The number of aliphatic hydroxyl groups excluding tert-OH is 1. The smallest absolute Gasteiger partial charge is 0.138 e. The Balaban J connectivity index is 1.97. The molecule has 1 aliphatic heterocycles. The van der Waals surface area contributed by atoms with Crippen LogP contribution in [-0.4, -0.2) is 35.8 Å². The van der Waals surface area contributed by atoms with Crippen molar-refractivity contribution in [3.8, 4) is 5.75 Å². The first kappa shape index (κ1) is 14.4. The van der Waals surface area contributed by atoms with Gasteiger partial charge in [0.1, 0.15) is 12.4 Å². The van der Waals surface area contributed by atoms with Crippen LogP contribution in [0.2, 0.25) is 5.02 Å². The molecule has 0 saturated carbocycles. The van der Waals surface area contributed by atoms with E-state index in [2.05, 4.69) is 11.5 Å². The summed E-state index contributed by atoms with van der Waals surface area (Å²) in [7, 11) is 0. The van der Waals surface area contributed by atoms with Gasteiger partial charge in [0.25, 0.3) is 0 Å². The van der Waals surface area contributed by atoms with Crippen molar-refractivity contribution in [2.45, 2.75) is 25.5 Å². The normalized spacial score (nSPS) is 20.2. The van der Waals surface area contributed by atoms with Gasteiger partial charge < -0.3 is 9.84 Å². The van der Waals surface area contributed by atoms with Gasteiger partial charge in [-0.1, -0.05) is 30.3 Å². The number of piperidine rings is 1. The fraction of sp³-hybridized carbons (Fsp3) is 0.467. The van der Waals surface area contributed by atoms with E-state index in [0.717, 1.165) is 38.0 Å². The van der Waals surface area contributed by atoms with Crippen molar-refractivity contribution < 1.29 is 9.84 Å². The molecule has 19 heavy (non-hydrogen) atoms. The second-order valence-corrected chi connectivity index (χ2v) is 5.30. The molecular formula is C15H20ClNO2. The van der Waals surface area contributed by atoms with Crippen LogP contribution in [0.1, 0.15) is 18.4 Å². The third-order valence-electron chi connectivity index (χ3n) is 3.24. The first-order chi connectivity index (χ1) is 9.19. The van der Waals surface area contributed by atoms with Crippen LogP contribution >= 0.6 is 11.6 Å². The second kappa shape index (κ2) is 6.94. The molecule has 4 heteroatoms. The van der Waals surface area contributed by atoms with Crippen molar-refractivity contribution in [3.05, 3.63) is 41.4 Å². The molecule has 1 fully saturated rings. The second-order valence-electron chi connectivity index (χ2n) is 4.90. The maximum Gasteiger partial charge on any atom is 0.138 e. The van der Waals surface area contributed by atoms with Gasteiger partial charge in [0.2, 0.25) is 0 Å². The average molecular weight is 282 g/mol. The Labute approximate surface area is 119 Å². The van der Waals surface area contributed by atoms with E-state index in [-0.39, 0.29) is 6.10 Å². The summed E-state index contributed by atoms with van der Waals surface area (Å²) in [6.45, 7) is 6.66. The van der Waals surface area contributed by atoms with Gasteiger partial charge in [-0.2, -0.15) is 0 Å². The summed E-state index contributed by atoms with van der Waals surface area (Å²) in [5, 5.41) is 10.3. The number of hydrogen-bond donors (Lipinski definition) is 1. The van der Waals surface area contributed by atoms with Crippen LogP contribution in [0.4, 0.5) is 0 Å². The van der Waals surface area contributed by atoms with E-state index >= 15 is 0 Å². The van der Waals surface area contributed by atoms with Crippen LogP contribution in [0.5, 0.6) is 5.75 Å². The fourth-order valence-electron chi connectivity index (χ4n) is 2.34. The van der Waals surface area contributed by atoms with E-state index in [0.29, 0.717) is 17.4 Å². The van der Waals surface area contributed by atoms with E-state index in [1.165, 1.54) is 0 Å². The zero-order valence-corrected chi connectivity index (χ0v) is 11.8. The number of benzene rings is 1. The van der Waals surface area contributed by atoms with Crippen LogP contribution in [0, 0.1) is 0 Å². The molecule has 0 radical (unpaired) electrons.